The van der Waals surface area contributed by atoms with Crippen molar-refractivity contribution < 1.29 is 24.5 Å². The number of amides is 1. The first-order valence-electron chi connectivity index (χ1n) is 8.10. The Hall–Kier alpha value is -2.12. The number of ether oxygens (including phenoxy) is 1. The van der Waals surface area contributed by atoms with E-state index in [2.05, 4.69) is 10.6 Å². The van der Waals surface area contributed by atoms with E-state index < -0.39 is 23.5 Å². The Morgan fingerprint density at radius 1 is 1.38 bits per heavy atom. The highest BCUT2D eigenvalue weighted by Crippen LogP contribution is 2.38. The molecule has 0 aromatic heterocycles. The van der Waals surface area contributed by atoms with Crippen LogP contribution in [-0.4, -0.2) is 53.9 Å². The lowest BCUT2D eigenvalue weighted by molar-refractivity contribution is -0.144. The summed E-state index contributed by atoms with van der Waals surface area (Å²) in [6.07, 6.45) is 0.980. The molecule has 24 heavy (non-hydrogen) atoms. The molecule has 1 saturated heterocycles. The minimum atomic E-state index is -0.960. The summed E-state index contributed by atoms with van der Waals surface area (Å²) in [5.41, 5.74) is -0.272. The normalized spacial score (nSPS) is 24.9. The van der Waals surface area contributed by atoms with Crippen molar-refractivity contribution in [3.8, 4) is 5.75 Å². The Kier molecular flexibility index (Phi) is 4.47. The summed E-state index contributed by atoms with van der Waals surface area (Å²) in [5.74, 6) is -1.31. The first-order chi connectivity index (χ1) is 11.5. The molecule has 0 radical (unpaired) electrons. The van der Waals surface area contributed by atoms with Crippen molar-refractivity contribution in [2.24, 2.45) is 0 Å². The second-order valence-electron chi connectivity index (χ2n) is 6.43. The number of nitrogens with one attached hydrogen (secondary N) is 2. The molecule has 7 heteroatoms. The number of rotatable bonds is 4. The number of methoxy groups -OCH3 is 1. The van der Waals surface area contributed by atoms with Crippen LogP contribution in [0, 0.1) is 0 Å². The number of esters is 1. The molecule has 4 N–H and O–H groups in total. The maximum Gasteiger partial charge on any atom is 0.331 e. The summed E-state index contributed by atoms with van der Waals surface area (Å²) >= 11 is 0. The van der Waals surface area contributed by atoms with E-state index in [-0.39, 0.29) is 17.2 Å². The van der Waals surface area contributed by atoms with Gasteiger partial charge in [0.05, 0.1) is 13.2 Å². The molecule has 7 nitrogen and oxygen atoms in total. The molecule has 1 aromatic carbocycles. The van der Waals surface area contributed by atoms with Crippen LogP contribution in [0.1, 0.15) is 41.1 Å². The number of carbonyl (C=O) groups is 2. The van der Waals surface area contributed by atoms with E-state index in [1.807, 2.05) is 0 Å². The van der Waals surface area contributed by atoms with Gasteiger partial charge in [-0.1, -0.05) is 6.07 Å². The molecule has 0 unspecified atom stereocenters. The maximum atomic E-state index is 12.7. The Balaban J connectivity index is 1.89. The Labute approximate surface area is 140 Å². The number of piperidine rings is 1. The zero-order valence-corrected chi connectivity index (χ0v) is 13.5. The van der Waals surface area contributed by atoms with Gasteiger partial charge in [0.2, 0.25) is 0 Å². The predicted molar refractivity (Wildman–Crippen MR) is 85.8 cm³/mol. The van der Waals surface area contributed by atoms with Crippen LogP contribution in [0.25, 0.3) is 0 Å². The van der Waals surface area contributed by atoms with Gasteiger partial charge in [0.25, 0.3) is 5.91 Å². The van der Waals surface area contributed by atoms with Crippen LogP contribution in [0.2, 0.25) is 0 Å². The number of hydrogen-bond acceptors (Lipinski definition) is 6. The monoisotopic (exact) mass is 334 g/mol. The summed E-state index contributed by atoms with van der Waals surface area (Å²) in [6.45, 7) is 1.17. The lowest BCUT2D eigenvalue weighted by Gasteiger charge is -2.30. The third kappa shape index (κ3) is 2.97. The van der Waals surface area contributed by atoms with Crippen molar-refractivity contribution in [1.29, 1.82) is 0 Å². The van der Waals surface area contributed by atoms with E-state index in [4.69, 9.17) is 4.74 Å². The topological polar surface area (TPSA) is 108 Å². The molecular weight excluding hydrogens is 312 g/mol. The Bertz CT molecular complexity index is 656. The fraction of sp³-hybridized carbons (Fsp3) is 0.529. The second kappa shape index (κ2) is 6.41. The average molecular weight is 334 g/mol. The first-order valence-corrected chi connectivity index (χ1v) is 8.10. The third-order valence-corrected chi connectivity index (χ3v) is 4.82. The molecule has 1 aromatic rings. The van der Waals surface area contributed by atoms with E-state index in [9.17, 15) is 19.8 Å². The van der Waals surface area contributed by atoms with Gasteiger partial charge in [-0.2, -0.15) is 0 Å². The highest BCUT2D eigenvalue weighted by Gasteiger charge is 2.52. The molecule has 0 bridgehead atoms. The zero-order valence-electron chi connectivity index (χ0n) is 13.5. The van der Waals surface area contributed by atoms with Crippen molar-refractivity contribution >= 4 is 11.9 Å². The molecular formula is C17H22N2O5. The number of carbonyl (C=O) groups excluding carboxylic acids is 2. The molecule has 0 spiro atoms. The van der Waals surface area contributed by atoms with E-state index >= 15 is 0 Å². The number of benzene rings is 1. The summed E-state index contributed by atoms with van der Waals surface area (Å²) in [4.78, 5) is 24.5. The highest BCUT2D eigenvalue weighted by atomic mass is 16.5. The number of phenols is 1. The van der Waals surface area contributed by atoms with Crippen LogP contribution < -0.4 is 10.6 Å². The highest BCUT2D eigenvalue weighted by molar-refractivity contribution is 6.01. The lowest BCUT2D eigenvalue weighted by atomic mass is 9.85. The van der Waals surface area contributed by atoms with E-state index in [0.29, 0.717) is 37.9 Å². The van der Waals surface area contributed by atoms with Gasteiger partial charge in [0.1, 0.15) is 11.3 Å². The van der Waals surface area contributed by atoms with Crippen LogP contribution in [0.3, 0.4) is 0 Å². The van der Waals surface area contributed by atoms with Crippen LogP contribution in [0.4, 0.5) is 0 Å². The van der Waals surface area contributed by atoms with E-state index in [1.54, 1.807) is 12.1 Å². The average Bonchev–Trinajstić information content (AvgIpc) is 3.35. The van der Waals surface area contributed by atoms with Gasteiger partial charge < -0.3 is 25.6 Å². The van der Waals surface area contributed by atoms with Crippen LogP contribution in [0.5, 0.6) is 5.75 Å². The standard InChI is InChI=1S/C17H22N2O5/c1-24-16(23)17(6-7-17)19-15(22)10-3-2-4-13(21)14(10)11-9-18-8-5-12(11)20/h2-4,11-12,18,20-21H,5-9H2,1H3,(H,19,22)/t11-,12-/m1/s1. The minimum absolute atomic E-state index is 0.0293. The molecule has 2 atom stereocenters. The Morgan fingerprint density at radius 2 is 2.12 bits per heavy atom. The third-order valence-electron chi connectivity index (χ3n) is 4.82. The number of phenolic OH excluding ortho intramolecular Hbond substituents is 1. The van der Waals surface area contributed by atoms with Crippen molar-refractivity contribution in [2.45, 2.75) is 36.8 Å². The van der Waals surface area contributed by atoms with Crippen LogP contribution in [0.15, 0.2) is 18.2 Å². The Morgan fingerprint density at radius 3 is 2.75 bits per heavy atom. The molecule has 2 fully saturated rings. The van der Waals surface area contributed by atoms with Crippen molar-refractivity contribution in [2.75, 3.05) is 20.2 Å². The van der Waals surface area contributed by atoms with Crippen molar-refractivity contribution in [1.82, 2.24) is 10.6 Å². The SMILES string of the molecule is COC(=O)C1(NC(=O)c2cccc(O)c2[C@@H]2CNCC[C@H]2O)CC1. The first kappa shape index (κ1) is 16.7. The van der Waals surface area contributed by atoms with Crippen LogP contribution in [-0.2, 0) is 9.53 Å². The summed E-state index contributed by atoms with van der Waals surface area (Å²) in [6, 6.07) is 4.67. The van der Waals surface area contributed by atoms with Crippen molar-refractivity contribution in [3.63, 3.8) is 0 Å². The fourth-order valence-electron chi connectivity index (χ4n) is 3.27. The molecule has 3 rings (SSSR count). The smallest absolute Gasteiger partial charge is 0.331 e. The number of hydrogen-bond donors (Lipinski definition) is 4. The molecule has 2 aliphatic rings. The van der Waals surface area contributed by atoms with E-state index in [1.165, 1.54) is 13.2 Å². The number of aliphatic hydroxyl groups is 1. The molecule has 1 aliphatic carbocycles. The van der Waals surface area contributed by atoms with Gasteiger partial charge >= 0.3 is 5.97 Å². The molecule has 1 aliphatic heterocycles. The largest absolute Gasteiger partial charge is 0.508 e. The van der Waals surface area contributed by atoms with Gasteiger partial charge in [-0.3, -0.25) is 4.79 Å². The van der Waals surface area contributed by atoms with Gasteiger partial charge in [-0.25, -0.2) is 4.79 Å². The summed E-state index contributed by atoms with van der Waals surface area (Å²) < 4.78 is 4.75. The quantitative estimate of drug-likeness (QED) is 0.589. The minimum Gasteiger partial charge on any atom is -0.508 e. The zero-order chi connectivity index (χ0) is 17.3. The fourth-order valence-corrected chi connectivity index (χ4v) is 3.27. The van der Waals surface area contributed by atoms with Gasteiger partial charge in [-0.05, 0) is 37.9 Å². The molecule has 1 amide bonds. The van der Waals surface area contributed by atoms with Gasteiger partial charge in [-0.15, -0.1) is 0 Å². The van der Waals surface area contributed by atoms with Crippen LogP contribution >= 0.6 is 0 Å². The number of aliphatic hydroxyl groups excluding tert-OH is 1. The number of aromatic hydroxyl groups is 1. The predicted octanol–water partition coefficient (Wildman–Crippen LogP) is 0.265. The van der Waals surface area contributed by atoms with Crippen molar-refractivity contribution in [3.05, 3.63) is 29.3 Å². The van der Waals surface area contributed by atoms with E-state index in [0.717, 1.165) is 0 Å². The van der Waals surface area contributed by atoms with Gasteiger partial charge in [0, 0.05) is 23.6 Å². The summed E-state index contributed by atoms with van der Waals surface area (Å²) in [5, 5.41) is 26.4. The molecule has 130 valence electrons. The second-order valence-corrected chi connectivity index (χ2v) is 6.43. The lowest BCUT2D eigenvalue weighted by Crippen LogP contribution is -2.45. The molecule has 1 saturated carbocycles. The van der Waals surface area contributed by atoms with Gasteiger partial charge in [0.15, 0.2) is 0 Å². The summed E-state index contributed by atoms with van der Waals surface area (Å²) in [7, 11) is 1.29. The maximum absolute atomic E-state index is 12.7. The molecule has 1 heterocycles.